The van der Waals surface area contributed by atoms with Crippen LogP contribution in [0.25, 0.3) is 43.1 Å². The number of benzene rings is 5. The maximum atomic E-state index is 12.5. The molecule has 5 aromatic rings. The van der Waals surface area contributed by atoms with Crippen LogP contribution in [0.15, 0.2) is 48.5 Å². The zero-order valence-corrected chi connectivity index (χ0v) is 15.9. The molecule has 0 aromatic heterocycles. The molecule has 0 amide bonds. The van der Waals surface area contributed by atoms with Crippen molar-refractivity contribution >= 4 is 77.0 Å². The van der Waals surface area contributed by atoms with Gasteiger partial charge in [-0.1, -0.05) is 24.3 Å². The first-order chi connectivity index (χ1) is 14.5. The molecule has 7 rings (SSSR count). The molecule has 0 aliphatic carbocycles. The van der Waals surface area contributed by atoms with Gasteiger partial charge < -0.3 is 4.74 Å². The van der Waals surface area contributed by atoms with Crippen molar-refractivity contribution in [1.29, 1.82) is 0 Å². The third-order valence-electron chi connectivity index (χ3n) is 6.15. The average molecular weight is 408 g/mol. The SMILES string of the molecule is O=C1OC(=O)c2ccc3c4ccc5c6c(ccc(c7ccc1c2c73)c64)C(=O)SC5=O. The van der Waals surface area contributed by atoms with E-state index >= 15 is 0 Å². The first-order valence-electron chi connectivity index (χ1n) is 9.28. The van der Waals surface area contributed by atoms with Crippen LogP contribution >= 0.6 is 11.8 Å². The second kappa shape index (κ2) is 5.04. The molecule has 5 nitrogen and oxygen atoms in total. The van der Waals surface area contributed by atoms with E-state index in [1.54, 1.807) is 24.3 Å². The Morgan fingerprint density at radius 1 is 0.467 bits per heavy atom. The van der Waals surface area contributed by atoms with E-state index in [0.717, 1.165) is 44.1 Å². The minimum absolute atomic E-state index is 0.249. The molecule has 0 fully saturated rings. The molecule has 0 radical (unpaired) electrons. The summed E-state index contributed by atoms with van der Waals surface area (Å²) in [4.78, 5) is 49.7. The highest BCUT2D eigenvalue weighted by atomic mass is 32.2. The van der Waals surface area contributed by atoms with Crippen molar-refractivity contribution in [3.05, 3.63) is 70.8 Å². The van der Waals surface area contributed by atoms with E-state index in [4.69, 9.17) is 4.74 Å². The Hall–Kier alpha value is -3.77. The highest BCUT2D eigenvalue weighted by Gasteiger charge is 2.32. The van der Waals surface area contributed by atoms with Crippen molar-refractivity contribution in [2.45, 2.75) is 0 Å². The summed E-state index contributed by atoms with van der Waals surface area (Å²) in [6.07, 6.45) is 0. The third kappa shape index (κ3) is 1.68. The van der Waals surface area contributed by atoms with Crippen molar-refractivity contribution in [2.24, 2.45) is 0 Å². The van der Waals surface area contributed by atoms with E-state index in [-0.39, 0.29) is 10.2 Å². The second-order valence-electron chi connectivity index (χ2n) is 7.50. The maximum absolute atomic E-state index is 12.5. The Morgan fingerprint density at radius 3 is 1.27 bits per heavy atom. The van der Waals surface area contributed by atoms with Crippen LogP contribution in [-0.2, 0) is 4.74 Å². The van der Waals surface area contributed by atoms with E-state index < -0.39 is 11.9 Å². The number of hydrogen-bond donors (Lipinski definition) is 0. The largest absolute Gasteiger partial charge is 0.386 e. The van der Waals surface area contributed by atoms with Gasteiger partial charge in [0.25, 0.3) is 0 Å². The first kappa shape index (κ1) is 16.1. The number of fused-ring (bicyclic) bond motifs is 2. The zero-order valence-electron chi connectivity index (χ0n) is 15.1. The highest BCUT2D eigenvalue weighted by molar-refractivity contribution is 8.27. The van der Waals surface area contributed by atoms with Gasteiger partial charge in [-0.15, -0.1) is 0 Å². The molecular weight excluding hydrogens is 400 g/mol. The van der Waals surface area contributed by atoms with Gasteiger partial charge in [0.2, 0.25) is 10.2 Å². The van der Waals surface area contributed by atoms with Gasteiger partial charge in [0, 0.05) is 21.9 Å². The van der Waals surface area contributed by atoms with Crippen LogP contribution in [0.1, 0.15) is 41.4 Å². The van der Waals surface area contributed by atoms with Gasteiger partial charge in [-0.05, 0) is 68.3 Å². The molecule has 2 aliphatic heterocycles. The van der Waals surface area contributed by atoms with Crippen LogP contribution in [-0.4, -0.2) is 22.2 Å². The highest BCUT2D eigenvalue weighted by Crippen LogP contribution is 2.46. The van der Waals surface area contributed by atoms with Crippen molar-refractivity contribution in [2.75, 3.05) is 0 Å². The summed E-state index contributed by atoms with van der Waals surface area (Å²) in [5.74, 6) is -1.30. The Labute approximate surface area is 171 Å². The first-order valence-corrected chi connectivity index (χ1v) is 10.1. The van der Waals surface area contributed by atoms with Gasteiger partial charge in [-0.2, -0.15) is 0 Å². The standard InChI is InChI=1S/C24H8O5S/c25-21-13-5-1-9-11-3-7-15-20-16(24(28)30-23(15)27)8-4-12(18(11)20)10-2-6-14(22(26)29-21)19(13)17(9)10/h1-8H. The maximum Gasteiger partial charge on any atom is 0.346 e. The van der Waals surface area contributed by atoms with E-state index in [9.17, 15) is 19.2 Å². The lowest BCUT2D eigenvalue weighted by Gasteiger charge is -2.22. The number of thioether (sulfide) groups is 1. The van der Waals surface area contributed by atoms with Crippen LogP contribution in [0.2, 0.25) is 0 Å². The van der Waals surface area contributed by atoms with Crippen LogP contribution in [0.5, 0.6) is 0 Å². The van der Waals surface area contributed by atoms with Gasteiger partial charge in [0.15, 0.2) is 0 Å². The molecule has 2 aliphatic rings. The lowest BCUT2D eigenvalue weighted by Crippen LogP contribution is -2.19. The normalized spacial score (nSPS) is 15.7. The Kier molecular flexibility index (Phi) is 2.70. The number of rotatable bonds is 0. The number of ether oxygens (including phenoxy) is 1. The Bertz CT molecular complexity index is 1470. The number of carbonyl (C=O) groups excluding carboxylic acids is 4. The van der Waals surface area contributed by atoms with Gasteiger partial charge >= 0.3 is 11.9 Å². The summed E-state index contributed by atoms with van der Waals surface area (Å²) in [7, 11) is 0. The van der Waals surface area contributed by atoms with Crippen LogP contribution in [0.3, 0.4) is 0 Å². The molecule has 0 atom stereocenters. The molecule has 2 heterocycles. The predicted octanol–water partition coefficient (Wildman–Crippen LogP) is 5.08. The summed E-state index contributed by atoms with van der Waals surface area (Å²) in [6, 6.07) is 14.3. The van der Waals surface area contributed by atoms with Gasteiger partial charge in [-0.25, -0.2) is 9.59 Å². The van der Waals surface area contributed by atoms with Gasteiger partial charge in [0.05, 0.1) is 11.1 Å². The Morgan fingerprint density at radius 2 is 0.833 bits per heavy atom. The molecule has 0 N–H and O–H groups in total. The topological polar surface area (TPSA) is 77.5 Å². The fourth-order valence-corrected chi connectivity index (χ4v) is 5.69. The molecule has 0 spiro atoms. The molecule has 0 saturated carbocycles. The molecule has 0 saturated heterocycles. The molecular formula is C24H8O5S. The van der Waals surface area contributed by atoms with Crippen LogP contribution < -0.4 is 0 Å². The van der Waals surface area contributed by atoms with Crippen molar-refractivity contribution < 1.29 is 23.9 Å². The van der Waals surface area contributed by atoms with E-state index in [1.165, 1.54) is 0 Å². The summed E-state index contributed by atoms with van der Waals surface area (Å²) in [6.45, 7) is 0. The van der Waals surface area contributed by atoms with Crippen LogP contribution in [0, 0.1) is 0 Å². The third-order valence-corrected chi connectivity index (χ3v) is 6.96. The molecule has 0 bridgehead atoms. The van der Waals surface area contributed by atoms with E-state index in [2.05, 4.69) is 0 Å². The molecule has 140 valence electrons. The lowest BCUT2D eigenvalue weighted by molar-refractivity contribution is 0.0391. The molecule has 30 heavy (non-hydrogen) atoms. The zero-order chi connectivity index (χ0) is 20.3. The fraction of sp³-hybridized carbons (Fsp3) is 0. The number of esters is 2. The average Bonchev–Trinajstić information content (AvgIpc) is 2.74. The summed E-state index contributed by atoms with van der Waals surface area (Å²) < 4.78 is 4.88. The van der Waals surface area contributed by atoms with Gasteiger partial charge in [0.1, 0.15) is 0 Å². The van der Waals surface area contributed by atoms with E-state index in [1.807, 2.05) is 24.3 Å². The van der Waals surface area contributed by atoms with Gasteiger partial charge in [-0.3, -0.25) is 9.59 Å². The van der Waals surface area contributed by atoms with E-state index in [0.29, 0.717) is 33.0 Å². The number of hydrogen-bond acceptors (Lipinski definition) is 6. The molecule has 0 unspecified atom stereocenters. The Balaban J connectivity index is 1.82. The molecule has 5 aromatic carbocycles. The minimum Gasteiger partial charge on any atom is -0.386 e. The number of cyclic esters (lactones) is 2. The van der Waals surface area contributed by atoms with Crippen molar-refractivity contribution in [3.63, 3.8) is 0 Å². The number of carbonyl (C=O) groups is 4. The monoisotopic (exact) mass is 408 g/mol. The quantitative estimate of drug-likeness (QED) is 0.154. The van der Waals surface area contributed by atoms with Crippen molar-refractivity contribution in [3.8, 4) is 0 Å². The predicted molar refractivity (Wildman–Crippen MR) is 114 cm³/mol. The fourth-order valence-electron chi connectivity index (χ4n) is 4.96. The smallest absolute Gasteiger partial charge is 0.346 e. The second-order valence-corrected chi connectivity index (χ2v) is 8.44. The van der Waals surface area contributed by atoms with Crippen LogP contribution in [0.4, 0.5) is 0 Å². The van der Waals surface area contributed by atoms with Crippen molar-refractivity contribution in [1.82, 2.24) is 0 Å². The summed E-state index contributed by atoms with van der Waals surface area (Å²) in [5, 5.41) is 5.91. The molecule has 6 heteroatoms. The minimum atomic E-state index is -0.652. The summed E-state index contributed by atoms with van der Waals surface area (Å²) >= 11 is 0.723. The lowest BCUT2D eigenvalue weighted by atomic mass is 9.84. The summed E-state index contributed by atoms with van der Waals surface area (Å²) in [5.41, 5.74) is 1.79.